The average Bonchev–Trinajstić information content (AvgIpc) is 2.98. The van der Waals surface area contributed by atoms with Gasteiger partial charge in [0, 0.05) is 6.04 Å². The molecule has 1 N–H and O–H groups in total. The molecular formula is C11H12FNO. The van der Waals surface area contributed by atoms with Gasteiger partial charge in [-0.2, -0.15) is 0 Å². The van der Waals surface area contributed by atoms with Crippen LogP contribution in [0, 0.1) is 5.82 Å². The first-order valence-corrected chi connectivity index (χ1v) is 4.78. The lowest BCUT2D eigenvalue weighted by molar-refractivity contribution is 0.0986. The fourth-order valence-electron chi connectivity index (χ4n) is 1.31. The summed E-state index contributed by atoms with van der Waals surface area (Å²) in [7, 11) is 0. The van der Waals surface area contributed by atoms with Gasteiger partial charge < -0.3 is 5.32 Å². The summed E-state index contributed by atoms with van der Waals surface area (Å²) in [5, 5.41) is 3.07. The third-order valence-electron chi connectivity index (χ3n) is 2.30. The minimum atomic E-state index is -0.435. The Labute approximate surface area is 82.1 Å². The van der Waals surface area contributed by atoms with Gasteiger partial charge in [0.1, 0.15) is 5.82 Å². The topological polar surface area (TPSA) is 29.1 Å². The van der Waals surface area contributed by atoms with Gasteiger partial charge in [-0.15, -0.1) is 0 Å². The first-order valence-electron chi connectivity index (χ1n) is 4.78. The number of benzene rings is 1. The Morgan fingerprint density at radius 1 is 1.43 bits per heavy atom. The maximum absolute atomic E-state index is 13.1. The van der Waals surface area contributed by atoms with Crippen LogP contribution in [0.2, 0.25) is 0 Å². The highest BCUT2D eigenvalue weighted by Gasteiger charge is 2.22. The molecule has 0 amide bonds. The summed E-state index contributed by atoms with van der Waals surface area (Å²) in [5.74, 6) is -0.606. The maximum atomic E-state index is 13.1. The number of halogens is 1. The molecule has 1 saturated carbocycles. The molecule has 0 atom stereocenters. The van der Waals surface area contributed by atoms with E-state index in [2.05, 4.69) is 5.32 Å². The molecular weight excluding hydrogens is 181 g/mol. The highest BCUT2D eigenvalue weighted by molar-refractivity contribution is 5.97. The fraction of sp³-hybridized carbons (Fsp3) is 0.364. The zero-order valence-corrected chi connectivity index (χ0v) is 7.79. The van der Waals surface area contributed by atoms with Gasteiger partial charge in [-0.3, -0.25) is 4.79 Å². The fourth-order valence-corrected chi connectivity index (χ4v) is 1.31. The predicted molar refractivity (Wildman–Crippen MR) is 51.8 cm³/mol. The van der Waals surface area contributed by atoms with E-state index in [9.17, 15) is 9.18 Å². The van der Waals surface area contributed by atoms with Crippen molar-refractivity contribution in [2.24, 2.45) is 0 Å². The van der Waals surface area contributed by atoms with Crippen LogP contribution in [0.3, 0.4) is 0 Å². The predicted octanol–water partition coefficient (Wildman–Crippen LogP) is 1.76. The van der Waals surface area contributed by atoms with Crippen LogP contribution in [0.4, 0.5) is 4.39 Å². The lowest BCUT2D eigenvalue weighted by atomic mass is 10.1. The van der Waals surface area contributed by atoms with E-state index in [1.807, 2.05) is 0 Å². The van der Waals surface area contributed by atoms with Crippen molar-refractivity contribution in [2.75, 3.05) is 6.54 Å². The minimum absolute atomic E-state index is 0.171. The summed E-state index contributed by atoms with van der Waals surface area (Å²) >= 11 is 0. The summed E-state index contributed by atoms with van der Waals surface area (Å²) in [6, 6.07) is 6.57. The van der Waals surface area contributed by atoms with Crippen LogP contribution in [-0.2, 0) is 0 Å². The summed E-state index contributed by atoms with van der Waals surface area (Å²) < 4.78 is 13.1. The van der Waals surface area contributed by atoms with Crippen molar-refractivity contribution in [3.63, 3.8) is 0 Å². The molecule has 0 spiro atoms. The molecule has 1 aromatic rings. The van der Waals surface area contributed by atoms with E-state index in [0.717, 1.165) is 12.8 Å². The molecule has 1 fully saturated rings. The number of carbonyl (C=O) groups excluding carboxylic acids is 1. The first kappa shape index (κ1) is 9.34. The minimum Gasteiger partial charge on any atom is -0.307 e. The summed E-state index contributed by atoms with van der Waals surface area (Å²) in [5.41, 5.74) is 0.181. The standard InChI is InChI=1S/C11H12FNO/c12-10-4-2-1-3-9(10)11(14)7-13-8-5-6-8/h1-4,8,13H,5-7H2. The number of Topliss-reactive ketones (excluding diaryl/α,β-unsaturated/α-hetero) is 1. The van der Waals surface area contributed by atoms with Gasteiger partial charge in [0.15, 0.2) is 5.78 Å². The van der Waals surface area contributed by atoms with E-state index in [4.69, 9.17) is 0 Å². The quantitative estimate of drug-likeness (QED) is 0.738. The molecule has 0 aromatic heterocycles. The van der Waals surface area contributed by atoms with Crippen molar-refractivity contribution in [1.29, 1.82) is 0 Å². The SMILES string of the molecule is O=C(CNC1CC1)c1ccccc1F. The van der Waals surface area contributed by atoms with Crippen LogP contribution in [0.15, 0.2) is 24.3 Å². The van der Waals surface area contributed by atoms with E-state index in [1.165, 1.54) is 12.1 Å². The van der Waals surface area contributed by atoms with Gasteiger partial charge in [0.05, 0.1) is 12.1 Å². The first-order chi connectivity index (χ1) is 6.77. The van der Waals surface area contributed by atoms with Crippen molar-refractivity contribution in [3.8, 4) is 0 Å². The van der Waals surface area contributed by atoms with Crippen molar-refractivity contribution in [1.82, 2.24) is 5.32 Å². The van der Waals surface area contributed by atoms with Crippen molar-refractivity contribution >= 4 is 5.78 Å². The number of carbonyl (C=O) groups is 1. The molecule has 1 aromatic carbocycles. The molecule has 0 radical (unpaired) electrons. The van der Waals surface area contributed by atoms with Crippen LogP contribution >= 0.6 is 0 Å². The smallest absolute Gasteiger partial charge is 0.179 e. The Morgan fingerprint density at radius 3 is 2.79 bits per heavy atom. The van der Waals surface area contributed by atoms with E-state index >= 15 is 0 Å². The third-order valence-corrected chi connectivity index (χ3v) is 2.30. The highest BCUT2D eigenvalue weighted by atomic mass is 19.1. The maximum Gasteiger partial charge on any atom is 0.179 e. The number of hydrogen-bond acceptors (Lipinski definition) is 2. The van der Waals surface area contributed by atoms with Gasteiger partial charge in [-0.25, -0.2) is 4.39 Å². The van der Waals surface area contributed by atoms with Crippen molar-refractivity contribution < 1.29 is 9.18 Å². The van der Waals surface area contributed by atoms with Crippen molar-refractivity contribution in [3.05, 3.63) is 35.6 Å². The second-order valence-electron chi connectivity index (χ2n) is 3.56. The molecule has 0 saturated heterocycles. The molecule has 0 aliphatic heterocycles. The van der Waals surface area contributed by atoms with Crippen LogP contribution in [0.5, 0.6) is 0 Å². The molecule has 74 valence electrons. The Hall–Kier alpha value is -1.22. The summed E-state index contributed by atoms with van der Waals surface area (Å²) in [6.45, 7) is 0.242. The molecule has 1 aliphatic carbocycles. The molecule has 3 heteroatoms. The summed E-state index contributed by atoms with van der Waals surface area (Å²) in [6.07, 6.45) is 2.26. The lowest BCUT2D eigenvalue weighted by Gasteiger charge is -2.02. The molecule has 0 bridgehead atoms. The van der Waals surface area contributed by atoms with Gasteiger partial charge in [-0.1, -0.05) is 12.1 Å². The monoisotopic (exact) mass is 193 g/mol. The molecule has 0 heterocycles. The Kier molecular flexibility index (Phi) is 2.59. The normalized spacial score (nSPS) is 15.5. The zero-order chi connectivity index (χ0) is 9.97. The largest absolute Gasteiger partial charge is 0.307 e. The van der Waals surface area contributed by atoms with E-state index < -0.39 is 5.82 Å². The Morgan fingerprint density at radius 2 is 2.14 bits per heavy atom. The van der Waals surface area contributed by atoms with Gasteiger partial charge >= 0.3 is 0 Å². The molecule has 1 aliphatic rings. The van der Waals surface area contributed by atoms with Crippen LogP contribution in [0.1, 0.15) is 23.2 Å². The van der Waals surface area contributed by atoms with E-state index in [-0.39, 0.29) is 17.9 Å². The van der Waals surface area contributed by atoms with Crippen LogP contribution < -0.4 is 5.32 Å². The Balaban J connectivity index is 1.98. The van der Waals surface area contributed by atoms with Gasteiger partial charge in [0.25, 0.3) is 0 Å². The second kappa shape index (κ2) is 3.88. The average molecular weight is 193 g/mol. The molecule has 2 nitrogen and oxygen atoms in total. The summed E-state index contributed by atoms with van der Waals surface area (Å²) in [4.78, 5) is 11.5. The van der Waals surface area contributed by atoms with Crippen LogP contribution in [0.25, 0.3) is 0 Å². The lowest BCUT2D eigenvalue weighted by Crippen LogP contribution is -2.25. The number of rotatable bonds is 4. The number of ketones is 1. The number of hydrogen-bond donors (Lipinski definition) is 1. The van der Waals surface area contributed by atoms with Crippen molar-refractivity contribution in [2.45, 2.75) is 18.9 Å². The van der Waals surface area contributed by atoms with Gasteiger partial charge in [0.2, 0.25) is 0 Å². The van der Waals surface area contributed by atoms with E-state index in [0.29, 0.717) is 6.04 Å². The molecule has 14 heavy (non-hydrogen) atoms. The Bertz CT molecular complexity index is 347. The number of nitrogens with one attached hydrogen (secondary N) is 1. The third kappa shape index (κ3) is 2.17. The van der Waals surface area contributed by atoms with Gasteiger partial charge in [-0.05, 0) is 25.0 Å². The molecule has 0 unspecified atom stereocenters. The second-order valence-corrected chi connectivity index (χ2v) is 3.56. The van der Waals surface area contributed by atoms with E-state index in [1.54, 1.807) is 12.1 Å². The molecule has 2 rings (SSSR count). The highest BCUT2D eigenvalue weighted by Crippen LogP contribution is 2.18. The van der Waals surface area contributed by atoms with Crippen LogP contribution in [-0.4, -0.2) is 18.4 Å². The zero-order valence-electron chi connectivity index (χ0n) is 7.79.